The fourth-order valence-corrected chi connectivity index (χ4v) is 3.00. The van der Waals surface area contributed by atoms with E-state index < -0.39 is 0 Å². The summed E-state index contributed by atoms with van der Waals surface area (Å²) in [5, 5.41) is 3.49. The molecule has 1 aliphatic heterocycles. The molecule has 0 unspecified atom stereocenters. The smallest absolute Gasteiger partial charge is 0.0107 e. The number of nitrogens with one attached hydrogen (secondary N) is 1. The van der Waals surface area contributed by atoms with Crippen molar-refractivity contribution in [1.82, 2.24) is 10.2 Å². The minimum absolute atomic E-state index is 1.01. The highest BCUT2D eigenvalue weighted by atomic mass is 15.1. The Balaban J connectivity index is 1.73. The van der Waals surface area contributed by atoms with E-state index in [-0.39, 0.29) is 0 Å². The number of rotatable bonds is 2. The van der Waals surface area contributed by atoms with Crippen molar-refractivity contribution in [3.8, 4) is 0 Å². The van der Waals surface area contributed by atoms with Gasteiger partial charge in [-0.05, 0) is 38.3 Å². The maximum atomic E-state index is 3.49. The van der Waals surface area contributed by atoms with E-state index in [1.807, 2.05) is 0 Å². The first-order chi connectivity index (χ1) is 7.45. The molecule has 1 heterocycles. The van der Waals surface area contributed by atoms with Crippen molar-refractivity contribution < 1.29 is 0 Å². The molecule has 2 aliphatic rings. The quantitative estimate of drug-likeness (QED) is 0.703. The average molecular weight is 210 g/mol. The van der Waals surface area contributed by atoms with Crippen LogP contribution < -0.4 is 5.32 Å². The molecule has 2 nitrogen and oxygen atoms in total. The second-order valence-corrected chi connectivity index (χ2v) is 5.26. The van der Waals surface area contributed by atoms with Crippen LogP contribution in [-0.2, 0) is 0 Å². The average Bonchev–Trinajstić information content (AvgIpc) is 2.63. The zero-order chi connectivity index (χ0) is 10.3. The van der Waals surface area contributed by atoms with Gasteiger partial charge in [-0.2, -0.15) is 0 Å². The topological polar surface area (TPSA) is 15.3 Å². The molecule has 0 aromatic carbocycles. The predicted molar refractivity (Wildman–Crippen MR) is 65.1 cm³/mol. The van der Waals surface area contributed by atoms with Gasteiger partial charge >= 0.3 is 0 Å². The third kappa shape index (κ3) is 4.12. The van der Waals surface area contributed by atoms with Gasteiger partial charge in [0.25, 0.3) is 0 Å². The van der Waals surface area contributed by atoms with Gasteiger partial charge in [0.1, 0.15) is 0 Å². The highest BCUT2D eigenvalue weighted by molar-refractivity contribution is 4.72. The highest BCUT2D eigenvalue weighted by Crippen LogP contribution is 2.23. The fourth-order valence-electron chi connectivity index (χ4n) is 3.00. The molecule has 0 amide bonds. The van der Waals surface area contributed by atoms with Crippen molar-refractivity contribution >= 4 is 0 Å². The van der Waals surface area contributed by atoms with Crippen LogP contribution in [0.2, 0.25) is 0 Å². The van der Waals surface area contributed by atoms with E-state index in [2.05, 4.69) is 10.2 Å². The normalized spacial score (nSPS) is 27.2. The molecule has 0 aromatic rings. The SMILES string of the molecule is C1CCCC(CN2CCCNCC2)CC1. The lowest BCUT2D eigenvalue weighted by molar-refractivity contribution is 0.231. The molecule has 0 radical (unpaired) electrons. The zero-order valence-corrected chi connectivity index (χ0v) is 10.0. The van der Waals surface area contributed by atoms with Crippen LogP contribution in [0.25, 0.3) is 0 Å². The van der Waals surface area contributed by atoms with Crippen LogP contribution >= 0.6 is 0 Å². The van der Waals surface area contributed by atoms with Crippen molar-refractivity contribution in [1.29, 1.82) is 0 Å². The monoisotopic (exact) mass is 210 g/mol. The lowest BCUT2D eigenvalue weighted by Crippen LogP contribution is -2.32. The number of hydrogen-bond donors (Lipinski definition) is 1. The fraction of sp³-hybridized carbons (Fsp3) is 1.00. The maximum absolute atomic E-state index is 3.49. The molecule has 0 aromatic heterocycles. The van der Waals surface area contributed by atoms with E-state index in [4.69, 9.17) is 0 Å². The summed E-state index contributed by atoms with van der Waals surface area (Å²) >= 11 is 0. The van der Waals surface area contributed by atoms with E-state index >= 15 is 0 Å². The van der Waals surface area contributed by atoms with Crippen LogP contribution in [0.1, 0.15) is 44.9 Å². The first-order valence-corrected chi connectivity index (χ1v) is 6.88. The molecule has 2 rings (SSSR count). The Hall–Kier alpha value is -0.0800. The molecule has 2 heteroatoms. The van der Waals surface area contributed by atoms with Crippen molar-refractivity contribution in [2.24, 2.45) is 5.92 Å². The van der Waals surface area contributed by atoms with Gasteiger partial charge in [-0.1, -0.05) is 25.7 Å². The van der Waals surface area contributed by atoms with Crippen LogP contribution in [0.5, 0.6) is 0 Å². The van der Waals surface area contributed by atoms with E-state index in [0.29, 0.717) is 0 Å². The summed E-state index contributed by atoms with van der Waals surface area (Å²) in [7, 11) is 0. The van der Waals surface area contributed by atoms with Crippen molar-refractivity contribution in [3.63, 3.8) is 0 Å². The summed E-state index contributed by atoms with van der Waals surface area (Å²) in [5.74, 6) is 1.01. The van der Waals surface area contributed by atoms with E-state index in [0.717, 1.165) is 5.92 Å². The third-order valence-corrected chi connectivity index (χ3v) is 3.92. The Morgan fingerprint density at radius 2 is 1.67 bits per heavy atom. The summed E-state index contributed by atoms with van der Waals surface area (Å²) in [6, 6.07) is 0. The molecule has 1 saturated carbocycles. The van der Waals surface area contributed by atoms with Gasteiger partial charge in [0.2, 0.25) is 0 Å². The van der Waals surface area contributed by atoms with Crippen LogP contribution in [0.4, 0.5) is 0 Å². The molecule has 0 atom stereocenters. The molecule has 2 fully saturated rings. The number of hydrogen-bond acceptors (Lipinski definition) is 2. The summed E-state index contributed by atoms with van der Waals surface area (Å²) in [6.45, 7) is 6.40. The second kappa shape index (κ2) is 6.49. The summed E-state index contributed by atoms with van der Waals surface area (Å²) in [5.41, 5.74) is 0. The largest absolute Gasteiger partial charge is 0.315 e. The minimum Gasteiger partial charge on any atom is -0.315 e. The van der Waals surface area contributed by atoms with Crippen molar-refractivity contribution in [2.45, 2.75) is 44.9 Å². The van der Waals surface area contributed by atoms with Gasteiger partial charge in [0.15, 0.2) is 0 Å². The Labute approximate surface area is 94.4 Å². The Morgan fingerprint density at radius 3 is 2.47 bits per heavy atom. The molecular formula is C13H26N2. The molecule has 88 valence electrons. The van der Waals surface area contributed by atoms with E-state index in [1.165, 1.54) is 77.7 Å². The molecule has 0 spiro atoms. The molecule has 1 saturated heterocycles. The number of nitrogens with zero attached hydrogens (tertiary/aromatic N) is 1. The molecule has 15 heavy (non-hydrogen) atoms. The van der Waals surface area contributed by atoms with Gasteiger partial charge < -0.3 is 10.2 Å². The van der Waals surface area contributed by atoms with Gasteiger partial charge in [-0.15, -0.1) is 0 Å². The first kappa shape index (κ1) is 11.4. The highest BCUT2D eigenvalue weighted by Gasteiger charge is 2.16. The Kier molecular flexibility index (Phi) is 4.94. The van der Waals surface area contributed by atoms with Crippen LogP contribution in [-0.4, -0.2) is 37.6 Å². The standard InChI is InChI=1S/C13H26N2/c1-2-4-7-13(6-3-1)12-15-10-5-8-14-9-11-15/h13-14H,1-12H2. The van der Waals surface area contributed by atoms with Gasteiger partial charge in [-0.25, -0.2) is 0 Å². The predicted octanol–water partition coefficient (Wildman–Crippen LogP) is 2.25. The lowest BCUT2D eigenvalue weighted by atomic mass is 10.00. The summed E-state index contributed by atoms with van der Waals surface area (Å²) in [6.07, 6.45) is 10.3. The molecular weight excluding hydrogens is 184 g/mol. The minimum atomic E-state index is 1.01. The van der Waals surface area contributed by atoms with Gasteiger partial charge in [0.05, 0.1) is 0 Å². The van der Waals surface area contributed by atoms with Crippen molar-refractivity contribution in [3.05, 3.63) is 0 Å². The third-order valence-electron chi connectivity index (χ3n) is 3.92. The van der Waals surface area contributed by atoms with E-state index in [1.54, 1.807) is 0 Å². The zero-order valence-electron chi connectivity index (χ0n) is 10.0. The summed E-state index contributed by atoms with van der Waals surface area (Å²) in [4.78, 5) is 2.69. The molecule has 0 bridgehead atoms. The van der Waals surface area contributed by atoms with Crippen LogP contribution in [0.15, 0.2) is 0 Å². The Morgan fingerprint density at radius 1 is 0.867 bits per heavy atom. The molecule has 1 N–H and O–H groups in total. The Bertz CT molecular complexity index is 136. The lowest BCUT2D eigenvalue weighted by Gasteiger charge is -2.25. The van der Waals surface area contributed by atoms with Crippen LogP contribution in [0, 0.1) is 5.92 Å². The van der Waals surface area contributed by atoms with Crippen molar-refractivity contribution in [2.75, 3.05) is 32.7 Å². The van der Waals surface area contributed by atoms with E-state index in [9.17, 15) is 0 Å². The summed E-state index contributed by atoms with van der Waals surface area (Å²) < 4.78 is 0. The molecule has 1 aliphatic carbocycles. The van der Waals surface area contributed by atoms with Crippen LogP contribution in [0.3, 0.4) is 0 Å². The first-order valence-electron chi connectivity index (χ1n) is 6.88. The van der Waals surface area contributed by atoms with Gasteiger partial charge in [0, 0.05) is 19.6 Å². The maximum Gasteiger partial charge on any atom is 0.0107 e. The second-order valence-electron chi connectivity index (χ2n) is 5.26. The van der Waals surface area contributed by atoms with Gasteiger partial charge in [-0.3, -0.25) is 0 Å².